The van der Waals surface area contributed by atoms with E-state index in [1.165, 1.54) is 19.3 Å². The highest BCUT2D eigenvalue weighted by molar-refractivity contribution is 5.80. The van der Waals surface area contributed by atoms with E-state index in [2.05, 4.69) is 4.90 Å². The highest BCUT2D eigenvalue weighted by Crippen LogP contribution is 2.36. The monoisotopic (exact) mass is 398 g/mol. The van der Waals surface area contributed by atoms with Crippen molar-refractivity contribution < 1.29 is 19.1 Å². The van der Waals surface area contributed by atoms with Crippen LogP contribution in [0.2, 0.25) is 0 Å². The van der Waals surface area contributed by atoms with Crippen LogP contribution in [0.15, 0.2) is 18.2 Å². The molecule has 3 fully saturated rings. The molecule has 5 rings (SSSR count). The van der Waals surface area contributed by atoms with E-state index in [1.807, 2.05) is 23.1 Å². The Hall–Kier alpha value is -2.24. The van der Waals surface area contributed by atoms with Crippen molar-refractivity contribution in [3.63, 3.8) is 0 Å². The van der Waals surface area contributed by atoms with Crippen molar-refractivity contribution in [3.8, 4) is 11.5 Å². The summed E-state index contributed by atoms with van der Waals surface area (Å²) < 4.78 is 10.9. The lowest BCUT2D eigenvalue weighted by Crippen LogP contribution is -2.57. The second-order valence-electron chi connectivity index (χ2n) is 8.98. The van der Waals surface area contributed by atoms with E-state index in [-0.39, 0.29) is 24.7 Å². The molecule has 2 atom stereocenters. The minimum absolute atomic E-state index is 0.232. The zero-order valence-electron chi connectivity index (χ0n) is 17.0. The summed E-state index contributed by atoms with van der Waals surface area (Å²) in [6.07, 6.45) is 8.12. The third kappa shape index (κ3) is 3.69. The van der Waals surface area contributed by atoms with E-state index in [4.69, 9.17) is 9.47 Å². The number of fused-ring (bicyclic) bond motifs is 2. The molecule has 6 heteroatoms. The van der Waals surface area contributed by atoms with E-state index >= 15 is 0 Å². The smallest absolute Gasteiger partial charge is 0.231 e. The number of amides is 2. The van der Waals surface area contributed by atoms with Crippen molar-refractivity contribution in [2.24, 2.45) is 11.8 Å². The number of carbonyl (C=O) groups is 2. The average molecular weight is 399 g/mol. The summed E-state index contributed by atoms with van der Waals surface area (Å²) in [7, 11) is 0. The van der Waals surface area contributed by atoms with Crippen LogP contribution < -0.4 is 9.47 Å². The molecule has 2 saturated heterocycles. The fourth-order valence-corrected chi connectivity index (χ4v) is 5.60. The first kappa shape index (κ1) is 18.8. The fourth-order valence-electron chi connectivity index (χ4n) is 5.60. The molecule has 3 heterocycles. The van der Waals surface area contributed by atoms with Crippen molar-refractivity contribution in [3.05, 3.63) is 23.8 Å². The van der Waals surface area contributed by atoms with Crippen molar-refractivity contribution in [1.82, 2.24) is 9.80 Å². The lowest BCUT2D eigenvalue weighted by molar-refractivity contribution is -0.147. The van der Waals surface area contributed by atoms with Crippen molar-refractivity contribution in [2.75, 3.05) is 19.9 Å². The largest absolute Gasteiger partial charge is 0.454 e. The van der Waals surface area contributed by atoms with E-state index in [1.54, 1.807) is 0 Å². The predicted octanol–water partition coefficient (Wildman–Crippen LogP) is 3.34. The molecule has 0 N–H and O–H groups in total. The van der Waals surface area contributed by atoms with Gasteiger partial charge in [0.05, 0.1) is 0 Å². The van der Waals surface area contributed by atoms with Gasteiger partial charge in [0.15, 0.2) is 11.5 Å². The number of hydrogen-bond donors (Lipinski definition) is 0. The minimum Gasteiger partial charge on any atom is -0.454 e. The number of benzene rings is 1. The first-order chi connectivity index (χ1) is 14.2. The van der Waals surface area contributed by atoms with E-state index in [0.29, 0.717) is 24.8 Å². The summed E-state index contributed by atoms with van der Waals surface area (Å²) in [4.78, 5) is 29.9. The molecule has 6 nitrogen and oxygen atoms in total. The van der Waals surface area contributed by atoms with Gasteiger partial charge in [-0.3, -0.25) is 9.59 Å². The number of nitrogens with zero attached hydrogens (tertiary/aromatic N) is 2. The van der Waals surface area contributed by atoms with Crippen LogP contribution in [0, 0.1) is 11.8 Å². The van der Waals surface area contributed by atoms with Gasteiger partial charge >= 0.3 is 0 Å². The van der Waals surface area contributed by atoms with Crippen LogP contribution in [0.3, 0.4) is 0 Å². The van der Waals surface area contributed by atoms with E-state index in [9.17, 15) is 9.59 Å². The summed E-state index contributed by atoms with van der Waals surface area (Å²) in [5, 5.41) is 0. The van der Waals surface area contributed by atoms with Crippen molar-refractivity contribution in [2.45, 2.75) is 64.0 Å². The summed E-state index contributed by atoms with van der Waals surface area (Å²) >= 11 is 0. The number of piperidine rings is 2. The molecule has 0 spiro atoms. The Morgan fingerprint density at radius 2 is 1.86 bits per heavy atom. The molecule has 0 bridgehead atoms. The van der Waals surface area contributed by atoms with Gasteiger partial charge in [0.25, 0.3) is 0 Å². The zero-order valence-corrected chi connectivity index (χ0v) is 17.0. The molecule has 0 unspecified atom stereocenters. The van der Waals surface area contributed by atoms with Crippen LogP contribution in [0.5, 0.6) is 11.5 Å². The number of hydrogen-bond acceptors (Lipinski definition) is 4. The first-order valence-electron chi connectivity index (χ1n) is 11.2. The van der Waals surface area contributed by atoms with Gasteiger partial charge in [-0.25, -0.2) is 0 Å². The van der Waals surface area contributed by atoms with Crippen LogP contribution >= 0.6 is 0 Å². The number of rotatable bonds is 3. The molecular formula is C23H30N2O4. The van der Waals surface area contributed by atoms with Gasteiger partial charge in [-0.2, -0.15) is 0 Å². The molecule has 1 aromatic rings. The van der Waals surface area contributed by atoms with Crippen LogP contribution in [0.25, 0.3) is 0 Å². The van der Waals surface area contributed by atoms with E-state index in [0.717, 1.165) is 55.8 Å². The molecule has 2 amide bonds. The molecule has 1 saturated carbocycles. The highest BCUT2D eigenvalue weighted by Gasteiger charge is 2.41. The van der Waals surface area contributed by atoms with Crippen LogP contribution in [-0.2, 0) is 16.1 Å². The van der Waals surface area contributed by atoms with Gasteiger partial charge in [-0.05, 0) is 49.3 Å². The Morgan fingerprint density at radius 3 is 2.72 bits per heavy atom. The lowest BCUT2D eigenvalue weighted by Gasteiger charge is -2.47. The maximum atomic E-state index is 13.0. The molecule has 156 valence electrons. The Morgan fingerprint density at radius 1 is 1.03 bits per heavy atom. The molecule has 0 aromatic heterocycles. The summed E-state index contributed by atoms with van der Waals surface area (Å²) in [6, 6.07) is 6.17. The maximum Gasteiger partial charge on any atom is 0.231 e. The van der Waals surface area contributed by atoms with Gasteiger partial charge < -0.3 is 19.3 Å². The summed E-state index contributed by atoms with van der Waals surface area (Å²) in [6.45, 7) is 2.45. The second kappa shape index (κ2) is 7.88. The summed E-state index contributed by atoms with van der Waals surface area (Å²) in [5.74, 6) is 2.75. The number of ether oxygens (including phenoxy) is 2. The summed E-state index contributed by atoms with van der Waals surface area (Å²) in [5.41, 5.74) is 1.07. The van der Waals surface area contributed by atoms with Crippen LogP contribution in [-0.4, -0.2) is 47.5 Å². The van der Waals surface area contributed by atoms with Gasteiger partial charge in [-0.15, -0.1) is 0 Å². The topological polar surface area (TPSA) is 59.1 Å². The van der Waals surface area contributed by atoms with E-state index < -0.39 is 0 Å². The van der Waals surface area contributed by atoms with Crippen LogP contribution in [0.1, 0.15) is 56.9 Å². The SMILES string of the molecule is O=C(C1CCCCC1)N1CC[C@H]2[C@H](CCC(=O)N2Cc2ccc3c(c2)OCO3)C1. The van der Waals surface area contributed by atoms with Crippen molar-refractivity contribution >= 4 is 11.8 Å². The van der Waals surface area contributed by atoms with Crippen molar-refractivity contribution in [1.29, 1.82) is 0 Å². The third-order valence-electron chi connectivity index (χ3n) is 7.20. The molecule has 0 radical (unpaired) electrons. The number of likely N-dealkylation sites (tertiary alicyclic amines) is 2. The van der Waals surface area contributed by atoms with Gasteiger partial charge in [0, 0.05) is 38.0 Å². The average Bonchev–Trinajstić information content (AvgIpc) is 3.23. The number of carbonyl (C=O) groups excluding carboxylic acids is 2. The quantitative estimate of drug-likeness (QED) is 0.784. The standard InChI is InChI=1S/C23H30N2O4/c26-22-9-7-18-14-24(23(27)17-4-2-1-3-5-17)11-10-19(18)25(22)13-16-6-8-20-21(12-16)29-15-28-20/h6,8,12,17-19H,1-5,7,9-11,13-15H2/t18-,19+/m1/s1. The normalized spacial score (nSPS) is 27.1. The van der Waals surface area contributed by atoms with Crippen LogP contribution in [0.4, 0.5) is 0 Å². The highest BCUT2D eigenvalue weighted by atomic mass is 16.7. The predicted molar refractivity (Wildman–Crippen MR) is 107 cm³/mol. The molecule has 29 heavy (non-hydrogen) atoms. The molecule has 1 aromatic carbocycles. The van der Waals surface area contributed by atoms with Gasteiger partial charge in [-0.1, -0.05) is 25.3 Å². The third-order valence-corrected chi connectivity index (χ3v) is 7.20. The molecule has 4 aliphatic rings. The second-order valence-corrected chi connectivity index (χ2v) is 8.98. The Bertz CT molecular complexity index is 789. The first-order valence-corrected chi connectivity index (χ1v) is 11.2. The van der Waals surface area contributed by atoms with Gasteiger partial charge in [0.2, 0.25) is 18.6 Å². The zero-order chi connectivity index (χ0) is 19.8. The molecular weight excluding hydrogens is 368 g/mol. The van der Waals surface area contributed by atoms with Gasteiger partial charge in [0.1, 0.15) is 0 Å². The molecule has 1 aliphatic carbocycles. The Labute approximate surface area is 172 Å². The molecule has 3 aliphatic heterocycles. The maximum absolute atomic E-state index is 13.0. The minimum atomic E-state index is 0.232. The lowest BCUT2D eigenvalue weighted by atomic mass is 9.82. The fraction of sp³-hybridized carbons (Fsp3) is 0.652. The Kier molecular flexibility index (Phi) is 5.10. The Balaban J connectivity index is 1.26.